The molecule has 17 heavy (non-hydrogen) atoms. The number of aryl methyl sites for hydroxylation is 1. The molecular weight excluding hydrogens is 230 g/mol. The largest absolute Gasteiger partial charge is 0.330 e. The summed E-state index contributed by atoms with van der Waals surface area (Å²) in [6, 6.07) is 4.20. The average molecular weight is 249 g/mol. The minimum Gasteiger partial charge on any atom is -0.330 e. The van der Waals surface area contributed by atoms with E-state index in [9.17, 15) is 0 Å². The zero-order valence-corrected chi connectivity index (χ0v) is 11.0. The van der Waals surface area contributed by atoms with Crippen molar-refractivity contribution in [3.8, 4) is 10.7 Å². The van der Waals surface area contributed by atoms with Crippen LogP contribution in [-0.2, 0) is 6.54 Å². The molecule has 0 saturated carbocycles. The van der Waals surface area contributed by atoms with Gasteiger partial charge in [-0.15, -0.1) is 11.3 Å². The number of hydrogen-bond donors (Lipinski definition) is 1. The van der Waals surface area contributed by atoms with E-state index in [2.05, 4.69) is 45.5 Å². The molecule has 2 heterocycles. The van der Waals surface area contributed by atoms with E-state index in [4.69, 9.17) is 0 Å². The summed E-state index contributed by atoms with van der Waals surface area (Å²) in [6.45, 7) is 5.42. The molecule has 0 radical (unpaired) electrons. The molecule has 0 aliphatic heterocycles. The van der Waals surface area contributed by atoms with Gasteiger partial charge in [0.05, 0.1) is 4.88 Å². The highest BCUT2D eigenvalue weighted by atomic mass is 32.1. The van der Waals surface area contributed by atoms with Crippen molar-refractivity contribution in [1.29, 1.82) is 0 Å². The average Bonchev–Trinajstić information content (AvgIpc) is 2.98. The molecule has 3 nitrogen and oxygen atoms in total. The third kappa shape index (κ3) is 3.41. The fourth-order valence-corrected chi connectivity index (χ4v) is 2.53. The maximum absolute atomic E-state index is 4.43. The fourth-order valence-electron chi connectivity index (χ4n) is 1.80. The third-order valence-corrected chi connectivity index (χ3v) is 3.50. The monoisotopic (exact) mass is 249 g/mol. The Morgan fingerprint density at radius 3 is 3.12 bits per heavy atom. The maximum atomic E-state index is 4.43. The van der Waals surface area contributed by atoms with Crippen LogP contribution in [0.25, 0.3) is 10.7 Å². The van der Waals surface area contributed by atoms with E-state index >= 15 is 0 Å². The highest BCUT2D eigenvalue weighted by Gasteiger charge is 2.05. The highest BCUT2D eigenvalue weighted by molar-refractivity contribution is 7.13. The van der Waals surface area contributed by atoms with Gasteiger partial charge in [-0.25, -0.2) is 4.98 Å². The Bertz CT molecular complexity index is 420. The molecule has 0 fully saturated rings. The summed E-state index contributed by atoms with van der Waals surface area (Å²) in [5.41, 5.74) is 0. The molecule has 0 bridgehead atoms. The summed E-state index contributed by atoms with van der Waals surface area (Å²) in [4.78, 5) is 5.67. The molecule has 0 amide bonds. The standard InChI is InChI=1S/C13H19N3S/c1-2-6-14-7-4-9-16-10-8-15-13(16)12-5-3-11-17-12/h3,5,8,10-11,14H,2,4,6-7,9H2,1H3. The predicted molar refractivity (Wildman–Crippen MR) is 73.3 cm³/mol. The SMILES string of the molecule is CCCNCCCn1ccnc1-c1cccs1. The predicted octanol–water partition coefficient (Wildman–Crippen LogP) is 3.00. The second kappa shape index (κ2) is 6.57. The quantitative estimate of drug-likeness (QED) is 0.764. The van der Waals surface area contributed by atoms with Gasteiger partial charge in [0.25, 0.3) is 0 Å². The van der Waals surface area contributed by atoms with Crippen molar-refractivity contribution in [3.05, 3.63) is 29.9 Å². The first kappa shape index (κ1) is 12.3. The van der Waals surface area contributed by atoms with Crippen LogP contribution in [0.4, 0.5) is 0 Å². The number of imidazole rings is 1. The molecule has 0 unspecified atom stereocenters. The smallest absolute Gasteiger partial charge is 0.149 e. The summed E-state index contributed by atoms with van der Waals surface area (Å²) in [7, 11) is 0. The summed E-state index contributed by atoms with van der Waals surface area (Å²) < 4.78 is 2.24. The van der Waals surface area contributed by atoms with Crippen molar-refractivity contribution in [3.63, 3.8) is 0 Å². The lowest BCUT2D eigenvalue weighted by Crippen LogP contribution is -2.17. The number of hydrogen-bond acceptors (Lipinski definition) is 3. The Morgan fingerprint density at radius 1 is 1.41 bits per heavy atom. The lowest BCUT2D eigenvalue weighted by molar-refractivity contribution is 0.581. The molecular formula is C13H19N3S. The molecule has 92 valence electrons. The molecule has 0 saturated heterocycles. The molecule has 0 aromatic carbocycles. The normalized spacial score (nSPS) is 10.9. The van der Waals surface area contributed by atoms with Crippen LogP contribution >= 0.6 is 11.3 Å². The van der Waals surface area contributed by atoms with Crippen LogP contribution in [0.1, 0.15) is 19.8 Å². The Kier molecular flexibility index (Phi) is 4.76. The van der Waals surface area contributed by atoms with Crippen molar-refractivity contribution >= 4 is 11.3 Å². The van der Waals surface area contributed by atoms with Gasteiger partial charge in [-0.3, -0.25) is 0 Å². The molecule has 2 rings (SSSR count). The molecule has 1 N–H and O–H groups in total. The summed E-state index contributed by atoms with van der Waals surface area (Å²) in [5, 5.41) is 5.51. The first-order chi connectivity index (χ1) is 8.42. The minimum absolute atomic E-state index is 1.03. The first-order valence-corrected chi connectivity index (χ1v) is 7.05. The van der Waals surface area contributed by atoms with Gasteiger partial charge in [-0.05, 0) is 37.4 Å². The van der Waals surface area contributed by atoms with Crippen LogP contribution in [0.15, 0.2) is 29.9 Å². The zero-order valence-electron chi connectivity index (χ0n) is 10.2. The van der Waals surface area contributed by atoms with Gasteiger partial charge in [0.1, 0.15) is 5.82 Å². The van der Waals surface area contributed by atoms with E-state index in [0.717, 1.165) is 31.9 Å². The van der Waals surface area contributed by atoms with Crippen molar-refractivity contribution < 1.29 is 0 Å². The fraction of sp³-hybridized carbons (Fsp3) is 0.462. The first-order valence-electron chi connectivity index (χ1n) is 6.17. The molecule has 2 aromatic heterocycles. The van der Waals surface area contributed by atoms with Crippen LogP contribution in [0.2, 0.25) is 0 Å². The molecule has 0 atom stereocenters. The van der Waals surface area contributed by atoms with E-state index in [1.165, 1.54) is 11.3 Å². The van der Waals surface area contributed by atoms with Crippen molar-refractivity contribution in [2.24, 2.45) is 0 Å². The van der Waals surface area contributed by atoms with Gasteiger partial charge in [-0.1, -0.05) is 13.0 Å². The molecule has 2 aromatic rings. The van der Waals surface area contributed by atoms with E-state index in [-0.39, 0.29) is 0 Å². The van der Waals surface area contributed by atoms with Gasteiger partial charge in [-0.2, -0.15) is 0 Å². The topological polar surface area (TPSA) is 29.9 Å². The molecule has 0 aliphatic carbocycles. The van der Waals surface area contributed by atoms with Gasteiger partial charge in [0.15, 0.2) is 0 Å². The van der Waals surface area contributed by atoms with Crippen LogP contribution in [-0.4, -0.2) is 22.6 Å². The molecule has 0 spiro atoms. The highest BCUT2D eigenvalue weighted by Crippen LogP contribution is 2.22. The van der Waals surface area contributed by atoms with E-state index < -0.39 is 0 Å². The minimum atomic E-state index is 1.03. The van der Waals surface area contributed by atoms with Gasteiger partial charge in [0.2, 0.25) is 0 Å². The van der Waals surface area contributed by atoms with E-state index in [1.54, 1.807) is 11.3 Å². The van der Waals surface area contributed by atoms with Crippen LogP contribution in [0.3, 0.4) is 0 Å². The Balaban J connectivity index is 1.87. The van der Waals surface area contributed by atoms with Crippen molar-refractivity contribution in [1.82, 2.24) is 14.9 Å². The van der Waals surface area contributed by atoms with E-state index in [0.29, 0.717) is 0 Å². The lowest BCUT2D eigenvalue weighted by atomic mass is 10.3. The Labute approximate surface area is 107 Å². The van der Waals surface area contributed by atoms with Gasteiger partial charge >= 0.3 is 0 Å². The summed E-state index contributed by atoms with van der Waals surface area (Å²) in [5.74, 6) is 1.09. The zero-order chi connectivity index (χ0) is 11.9. The lowest BCUT2D eigenvalue weighted by Gasteiger charge is -2.07. The summed E-state index contributed by atoms with van der Waals surface area (Å²) >= 11 is 1.74. The maximum Gasteiger partial charge on any atom is 0.149 e. The summed E-state index contributed by atoms with van der Waals surface area (Å²) in [6.07, 6.45) is 6.30. The van der Waals surface area contributed by atoms with Crippen molar-refractivity contribution in [2.75, 3.05) is 13.1 Å². The number of nitrogens with one attached hydrogen (secondary N) is 1. The van der Waals surface area contributed by atoms with Crippen LogP contribution in [0.5, 0.6) is 0 Å². The van der Waals surface area contributed by atoms with Gasteiger partial charge in [0, 0.05) is 18.9 Å². The van der Waals surface area contributed by atoms with Crippen LogP contribution in [0, 0.1) is 0 Å². The van der Waals surface area contributed by atoms with Gasteiger partial charge < -0.3 is 9.88 Å². The Hall–Kier alpha value is -1.13. The third-order valence-electron chi connectivity index (χ3n) is 2.64. The number of nitrogens with zero attached hydrogens (tertiary/aromatic N) is 2. The number of aromatic nitrogens is 2. The Morgan fingerprint density at radius 2 is 2.35 bits per heavy atom. The second-order valence-corrected chi connectivity index (χ2v) is 4.97. The number of thiophene rings is 1. The van der Waals surface area contributed by atoms with Crippen LogP contribution < -0.4 is 5.32 Å². The van der Waals surface area contributed by atoms with Crippen molar-refractivity contribution in [2.45, 2.75) is 26.3 Å². The molecule has 4 heteroatoms. The molecule has 0 aliphatic rings. The van der Waals surface area contributed by atoms with E-state index in [1.807, 2.05) is 6.20 Å². The number of rotatable bonds is 7. The second-order valence-electron chi connectivity index (χ2n) is 4.03.